The first kappa shape index (κ1) is 38.4. The van der Waals surface area contributed by atoms with Crippen molar-refractivity contribution in [2.45, 2.75) is 125 Å². The molecule has 10 heteroatoms. The number of aromatic nitrogens is 3. The molecule has 0 unspecified atom stereocenters. The first-order chi connectivity index (χ1) is 23.8. The van der Waals surface area contributed by atoms with Crippen LogP contribution in [0.1, 0.15) is 124 Å². The number of carbonyl (C=O) groups is 2. The van der Waals surface area contributed by atoms with Crippen molar-refractivity contribution >= 4 is 11.9 Å². The van der Waals surface area contributed by atoms with Gasteiger partial charge in [-0.3, -0.25) is 9.59 Å². The molecule has 10 nitrogen and oxygen atoms in total. The summed E-state index contributed by atoms with van der Waals surface area (Å²) in [5, 5.41) is 22.1. The molecule has 0 radical (unpaired) electrons. The number of nitrogens with zero attached hydrogens (tertiary/aromatic N) is 3. The van der Waals surface area contributed by atoms with Gasteiger partial charge in [0.15, 0.2) is 0 Å². The van der Waals surface area contributed by atoms with Gasteiger partial charge in [0.2, 0.25) is 5.82 Å². The van der Waals surface area contributed by atoms with Gasteiger partial charge in [0, 0.05) is 23.4 Å². The molecule has 1 aromatic heterocycles. The van der Waals surface area contributed by atoms with E-state index in [-0.39, 0.29) is 51.2 Å². The van der Waals surface area contributed by atoms with Crippen LogP contribution in [0.15, 0.2) is 18.0 Å². The van der Waals surface area contributed by atoms with E-state index in [0.717, 1.165) is 38.5 Å². The van der Waals surface area contributed by atoms with Gasteiger partial charge in [-0.1, -0.05) is 74.0 Å². The number of hydrogen-bond acceptors (Lipinski definition) is 7. The number of fused-ring (bicyclic) bond motifs is 3. The van der Waals surface area contributed by atoms with Crippen LogP contribution in [0.5, 0.6) is 0 Å². The molecule has 1 aliphatic heterocycles. The molecule has 4 aliphatic carbocycles. The second-order valence-corrected chi connectivity index (χ2v) is 19.3. The SMILES string of the molecule is CNC(=O)c1ncnn1[C@@H]1C[C@@]23COC[C@@](C)([C@@H]2CC[C@H]2C3=CC[C@@]3(C)[C@H](C(=O)O)[C@@](C)([C@H](C)C(C)C)CC[C@]23C)[C@H]1OC[C@](C)(NC)C(C)C. The molecule has 0 spiro atoms. The minimum atomic E-state index is -0.642. The Morgan fingerprint density at radius 1 is 1.08 bits per heavy atom. The van der Waals surface area contributed by atoms with Crippen molar-refractivity contribution in [3.8, 4) is 0 Å². The molecule has 0 aromatic carbocycles. The molecular formula is C41H67N5O5. The van der Waals surface area contributed by atoms with Gasteiger partial charge < -0.3 is 25.2 Å². The quantitative estimate of drug-likeness (QED) is 0.227. The molecule has 12 atom stereocenters. The summed E-state index contributed by atoms with van der Waals surface area (Å²) >= 11 is 0. The van der Waals surface area contributed by atoms with Gasteiger partial charge in [0.1, 0.15) is 6.33 Å². The van der Waals surface area contributed by atoms with E-state index >= 15 is 0 Å². The van der Waals surface area contributed by atoms with Gasteiger partial charge >= 0.3 is 5.97 Å². The van der Waals surface area contributed by atoms with Crippen LogP contribution in [-0.4, -0.2) is 77.3 Å². The van der Waals surface area contributed by atoms with Crippen LogP contribution in [-0.2, 0) is 14.3 Å². The molecule has 6 rings (SSSR count). The van der Waals surface area contributed by atoms with E-state index in [2.05, 4.69) is 90.9 Å². The fraction of sp³-hybridized carbons (Fsp3) is 0.854. The van der Waals surface area contributed by atoms with Crippen LogP contribution >= 0.6 is 0 Å². The molecule has 5 aliphatic rings. The summed E-state index contributed by atoms with van der Waals surface area (Å²) in [6, 6.07) is -0.243. The van der Waals surface area contributed by atoms with Crippen LogP contribution < -0.4 is 10.6 Å². The van der Waals surface area contributed by atoms with Gasteiger partial charge in [-0.15, -0.1) is 0 Å². The number of aliphatic carboxylic acids is 1. The monoisotopic (exact) mass is 710 g/mol. The molecule has 286 valence electrons. The van der Waals surface area contributed by atoms with E-state index < -0.39 is 17.3 Å². The Labute approximate surface area is 306 Å². The maximum atomic E-state index is 13.5. The Morgan fingerprint density at radius 3 is 2.39 bits per heavy atom. The maximum absolute atomic E-state index is 13.5. The third-order valence-electron chi connectivity index (χ3n) is 16.8. The smallest absolute Gasteiger partial charge is 0.307 e. The third-order valence-corrected chi connectivity index (χ3v) is 16.8. The number of carbonyl (C=O) groups excluding carboxylic acids is 1. The molecule has 3 saturated carbocycles. The van der Waals surface area contributed by atoms with Crippen molar-refractivity contribution in [2.24, 2.45) is 62.6 Å². The predicted molar refractivity (Wildman–Crippen MR) is 198 cm³/mol. The lowest BCUT2D eigenvalue weighted by Gasteiger charge is -2.71. The van der Waals surface area contributed by atoms with Crippen molar-refractivity contribution in [2.75, 3.05) is 33.9 Å². The molecule has 1 saturated heterocycles. The second-order valence-electron chi connectivity index (χ2n) is 19.3. The summed E-state index contributed by atoms with van der Waals surface area (Å²) in [6.45, 7) is 24.4. The molecule has 3 N–H and O–H groups in total. The number of likely N-dealkylation sites (N-methyl/N-ethyl adjacent to an activating group) is 1. The Kier molecular flexibility index (Phi) is 9.74. The third kappa shape index (κ3) is 5.33. The van der Waals surface area contributed by atoms with Gasteiger partial charge in [0.05, 0.1) is 37.9 Å². The van der Waals surface area contributed by atoms with Crippen molar-refractivity contribution < 1.29 is 24.2 Å². The van der Waals surface area contributed by atoms with Crippen molar-refractivity contribution in [3.63, 3.8) is 0 Å². The predicted octanol–water partition coefficient (Wildman–Crippen LogP) is 6.79. The summed E-state index contributed by atoms with van der Waals surface area (Å²) in [5.74, 6) is 0.551. The minimum absolute atomic E-state index is 0.181. The zero-order chi connectivity index (χ0) is 37.5. The second kappa shape index (κ2) is 12.9. The van der Waals surface area contributed by atoms with Gasteiger partial charge in [-0.25, -0.2) is 9.67 Å². The van der Waals surface area contributed by atoms with Crippen molar-refractivity contribution in [1.29, 1.82) is 0 Å². The van der Waals surface area contributed by atoms with Gasteiger partial charge in [-0.2, -0.15) is 5.10 Å². The first-order valence-electron chi connectivity index (χ1n) is 19.7. The highest BCUT2D eigenvalue weighted by molar-refractivity contribution is 5.90. The highest BCUT2D eigenvalue weighted by Crippen LogP contribution is 2.75. The minimum Gasteiger partial charge on any atom is -0.481 e. The molecule has 1 aromatic rings. The number of allylic oxidation sites excluding steroid dienone is 1. The fourth-order valence-electron chi connectivity index (χ4n) is 12.7. The Morgan fingerprint density at radius 2 is 1.78 bits per heavy atom. The number of rotatable bonds is 10. The van der Waals surface area contributed by atoms with Crippen molar-refractivity contribution in [3.05, 3.63) is 23.8 Å². The Balaban J connectivity index is 1.48. The lowest BCUT2D eigenvalue weighted by atomic mass is 9.34. The average molecular weight is 710 g/mol. The van der Waals surface area contributed by atoms with E-state index in [1.165, 1.54) is 11.9 Å². The van der Waals surface area contributed by atoms with E-state index in [1.807, 2.05) is 11.7 Å². The number of amides is 1. The topological polar surface area (TPSA) is 128 Å². The summed E-state index contributed by atoms with van der Waals surface area (Å²) in [5.41, 5.74) is -0.288. The van der Waals surface area contributed by atoms with E-state index in [1.54, 1.807) is 7.05 Å². The van der Waals surface area contributed by atoms with Crippen LogP contribution in [0.25, 0.3) is 0 Å². The number of carboxylic acids is 1. The van der Waals surface area contributed by atoms with Gasteiger partial charge in [-0.05, 0) is 98.3 Å². The van der Waals surface area contributed by atoms with Crippen molar-refractivity contribution in [1.82, 2.24) is 25.4 Å². The molecule has 2 heterocycles. The molecular weight excluding hydrogens is 642 g/mol. The summed E-state index contributed by atoms with van der Waals surface area (Å²) in [6.07, 6.45) is 9.16. The molecule has 2 bridgehead atoms. The van der Waals surface area contributed by atoms with Gasteiger partial charge in [0.25, 0.3) is 5.91 Å². The fourth-order valence-corrected chi connectivity index (χ4v) is 12.7. The largest absolute Gasteiger partial charge is 0.481 e. The van der Waals surface area contributed by atoms with E-state index in [0.29, 0.717) is 49.3 Å². The molecule has 4 fully saturated rings. The molecule has 51 heavy (non-hydrogen) atoms. The summed E-state index contributed by atoms with van der Waals surface area (Å²) in [7, 11) is 3.63. The summed E-state index contributed by atoms with van der Waals surface area (Å²) in [4.78, 5) is 31.2. The standard InChI is InChI=1S/C41H67N5O5/c1-24(2)26(5)36(6)17-18-38(8)27-13-14-30-37(7)20-50-22-41(30,28(27)15-16-39(38,9)31(36)35(48)49)19-29(46-33(34(47)42-11)44-23-45-46)32(37)51-21-40(10,43-12)25(3)4/h15,23-27,29-32,43H,13-14,16-22H2,1-12H3,(H,42,47)(H,48,49)/t26-,27+,29-,30+,31-,32+,36-,37+,38-,39+,40+,41+/m1/s1. The Hall–Kier alpha value is -2.30. The zero-order valence-electron chi connectivity index (χ0n) is 33.6. The van der Waals surface area contributed by atoms with Crippen LogP contribution in [0.3, 0.4) is 0 Å². The Bertz CT molecular complexity index is 1540. The number of ether oxygens (including phenoxy) is 2. The summed E-state index contributed by atoms with van der Waals surface area (Å²) < 4.78 is 15.7. The lowest BCUT2D eigenvalue weighted by molar-refractivity contribution is -0.253. The highest BCUT2D eigenvalue weighted by Gasteiger charge is 2.72. The van der Waals surface area contributed by atoms with Crippen LogP contribution in [0, 0.1) is 62.6 Å². The van der Waals surface area contributed by atoms with E-state index in [4.69, 9.17) is 14.6 Å². The number of nitrogens with one attached hydrogen (secondary N) is 2. The highest BCUT2D eigenvalue weighted by atomic mass is 16.5. The lowest BCUT2D eigenvalue weighted by Crippen LogP contribution is -2.69. The van der Waals surface area contributed by atoms with Crippen LogP contribution in [0.4, 0.5) is 0 Å². The van der Waals surface area contributed by atoms with E-state index in [9.17, 15) is 14.7 Å². The van der Waals surface area contributed by atoms with Crippen LogP contribution in [0.2, 0.25) is 0 Å². The zero-order valence-corrected chi connectivity index (χ0v) is 33.6. The first-order valence-corrected chi connectivity index (χ1v) is 19.7. The normalized spacial score (nSPS) is 42.2. The molecule has 1 amide bonds. The average Bonchev–Trinajstić information content (AvgIpc) is 3.57. The number of carboxylic acid groups (broad SMARTS) is 1. The number of hydrogen-bond donors (Lipinski definition) is 3. The maximum Gasteiger partial charge on any atom is 0.307 e.